The number of allylic oxidation sites excluding steroid dienone is 3. The van der Waals surface area contributed by atoms with Crippen molar-refractivity contribution in [1.29, 1.82) is 0 Å². The summed E-state index contributed by atoms with van der Waals surface area (Å²) in [4.78, 5) is 24.0. The van der Waals surface area contributed by atoms with Crippen LogP contribution in [0.15, 0.2) is 46.8 Å². The SMILES string of the molecule is CCc1cc2ncc(CN3CCN(/C(N)=C/C=C(/C)N)CC3)cc2[nH]c1=O. The van der Waals surface area contributed by atoms with Crippen LogP contribution < -0.4 is 17.0 Å². The number of aromatic amines is 1. The third-order valence-corrected chi connectivity index (χ3v) is 4.87. The number of aromatic nitrogens is 2. The lowest BCUT2D eigenvalue weighted by atomic mass is 10.1. The number of nitrogens with two attached hydrogens (primary N) is 2. The molecule has 7 heteroatoms. The Labute approximate surface area is 159 Å². The van der Waals surface area contributed by atoms with E-state index in [1.165, 1.54) is 0 Å². The maximum Gasteiger partial charge on any atom is 0.251 e. The molecule has 0 radical (unpaired) electrons. The van der Waals surface area contributed by atoms with E-state index in [4.69, 9.17) is 11.5 Å². The minimum atomic E-state index is -0.0263. The number of H-pyrrole nitrogens is 1. The molecule has 0 aromatic carbocycles. The fraction of sp³-hybridized carbons (Fsp3) is 0.400. The predicted molar refractivity (Wildman–Crippen MR) is 109 cm³/mol. The highest BCUT2D eigenvalue weighted by atomic mass is 16.1. The number of pyridine rings is 2. The largest absolute Gasteiger partial charge is 0.402 e. The summed E-state index contributed by atoms with van der Waals surface area (Å²) in [5.41, 5.74) is 16.0. The van der Waals surface area contributed by atoms with Gasteiger partial charge in [-0.2, -0.15) is 0 Å². The zero-order valence-electron chi connectivity index (χ0n) is 16.0. The minimum absolute atomic E-state index is 0.0263. The van der Waals surface area contributed by atoms with Crippen molar-refractivity contribution in [2.24, 2.45) is 11.5 Å². The summed E-state index contributed by atoms with van der Waals surface area (Å²) in [6.45, 7) is 8.20. The molecule has 0 unspecified atom stereocenters. The van der Waals surface area contributed by atoms with Crippen LogP contribution in [0.2, 0.25) is 0 Å². The van der Waals surface area contributed by atoms with E-state index in [0.717, 1.165) is 66.4 Å². The summed E-state index contributed by atoms with van der Waals surface area (Å²) in [6.07, 6.45) is 6.29. The lowest BCUT2D eigenvalue weighted by molar-refractivity contribution is 0.151. The van der Waals surface area contributed by atoms with Gasteiger partial charge in [0.1, 0.15) is 0 Å². The van der Waals surface area contributed by atoms with Crippen molar-refractivity contribution >= 4 is 11.0 Å². The molecule has 144 valence electrons. The molecule has 0 aliphatic carbocycles. The summed E-state index contributed by atoms with van der Waals surface area (Å²) in [7, 11) is 0. The second-order valence-corrected chi connectivity index (χ2v) is 7.02. The van der Waals surface area contributed by atoms with Gasteiger partial charge in [-0.1, -0.05) is 6.92 Å². The number of fused-ring (bicyclic) bond motifs is 1. The van der Waals surface area contributed by atoms with E-state index in [0.29, 0.717) is 6.42 Å². The van der Waals surface area contributed by atoms with E-state index < -0.39 is 0 Å². The third-order valence-electron chi connectivity index (χ3n) is 4.87. The van der Waals surface area contributed by atoms with Gasteiger partial charge in [0.25, 0.3) is 5.56 Å². The lowest BCUT2D eigenvalue weighted by Crippen LogP contribution is -2.46. The highest BCUT2D eigenvalue weighted by Crippen LogP contribution is 2.14. The molecule has 0 saturated carbocycles. The predicted octanol–water partition coefficient (Wildman–Crippen LogP) is 1.27. The smallest absolute Gasteiger partial charge is 0.251 e. The van der Waals surface area contributed by atoms with Gasteiger partial charge in [0.05, 0.1) is 16.9 Å². The Morgan fingerprint density at radius 3 is 2.63 bits per heavy atom. The molecule has 3 rings (SSSR count). The van der Waals surface area contributed by atoms with Crippen LogP contribution in [-0.2, 0) is 13.0 Å². The number of aryl methyl sites for hydroxylation is 1. The van der Waals surface area contributed by atoms with E-state index in [1.807, 2.05) is 44.3 Å². The van der Waals surface area contributed by atoms with Gasteiger partial charge in [-0.25, -0.2) is 0 Å². The van der Waals surface area contributed by atoms with Crippen molar-refractivity contribution in [3.63, 3.8) is 0 Å². The fourth-order valence-electron chi connectivity index (χ4n) is 3.26. The van der Waals surface area contributed by atoms with Crippen molar-refractivity contribution in [2.75, 3.05) is 26.2 Å². The van der Waals surface area contributed by atoms with E-state index in [9.17, 15) is 4.79 Å². The number of nitrogens with zero attached hydrogens (tertiary/aromatic N) is 3. The van der Waals surface area contributed by atoms with Crippen LogP contribution in [0, 0.1) is 0 Å². The monoisotopic (exact) mass is 368 g/mol. The second-order valence-electron chi connectivity index (χ2n) is 7.02. The number of nitrogens with one attached hydrogen (secondary N) is 1. The molecule has 2 aromatic heterocycles. The van der Waals surface area contributed by atoms with Gasteiger partial charge in [-0.15, -0.1) is 0 Å². The van der Waals surface area contributed by atoms with Gasteiger partial charge in [0, 0.05) is 50.2 Å². The first-order valence-corrected chi connectivity index (χ1v) is 9.34. The maximum atomic E-state index is 12.0. The molecule has 1 fully saturated rings. The average molecular weight is 368 g/mol. The molecule has 2 aromatic rings. The van der Waals surface area contributed by atoms with Crippen LogP contribution in [-0.4, -0.2) is 45.9 Å². The number of hydrogen-bond donors (Lipinski definition) is 3. The normalized spacial score (nSPS) is 16.9. The molecule has 1 aliphatic rings. The van der Waals surface area contributed by atoms with Gasteiger partial charge < -0.3 is 21.4 Å². The number of hydrogen-bond acceptors (Lipinski definition) is 6. The molecular formula is C20H28N6O. The van der Waals surface area contributed by atoms with Crippen LogP contribution in [0.25, 0.3) is 11.0 Å². The lowest BCUT2D eigenvalue weighted by Gasteiger charge is -2.36. The topological polar surface area (TPSA) is 104 Å². The van der Waals surface area contributed by atoms with E-state index in [-0.39, 0.29) is 5.56 Å². The summed E-state index contributed by atoms with van der Waals surface area (Å²) in [6, 6.07) is 3.90. The molecule has 7 nitrogen and oxygen atoms in total. The van der Waals surface area contributed by atoms with Gasteiger partial charge in [0.15, 0.2) is 0 Å². The number of piperazine rings is 1. The molecule has 1 aliphatic heterocycles. The Balaban J connectivity index is 1.64. The second kappa shape index (κ2) is 8.26. The van der Waals surface area contributed by atoms with E-state index >= 15 is 0 Å². The first-order chi connectivity index (χ1) is 13.0. The van der Waals surface area contributed by atoms with Crippen molar-refractivity contribution < 1.29 is 0 Å². The number of rotatable bonds is 5. The first kappa shape index (κ1) is 19.0. The molecule has 0 spiro atoms. The standard InChI is InChI=1S/C20H28N6O/c1-3-16-11-17-18(24-20(16)27)10-15(12-23-17)13-25-6-8-26(9-7-25)19(22)5-4-14(2)21/h4-5,10-12H,3,6-9,13,21-22H2,1-2H3,(H,24,27)/b14-4-,19-5+. The van der Waals surface area contributed by atoms with Crippen molar-refractivity contribution in [3.8, 4) is 0 Å². The summed E-state index contributed by atoms with van der Waals surface area (Å²) < 4.78 is 0. The summed E-state index contributed by atoms with van der Waals surface area (Å²) in [5, 5.41) is 0. The fourth-order valence-corrected chi connectivity index (χ4v) is 3.26. The average Bonchev–Trinajstić information content (AvgIpc) is 2.66. The van der Waals surface area contributed by atoms with E-state index in [1.54, 1.807) is 0 Å². The molecule has 0 atom stereocenters. The quantitative estimate of drug-likeness (QED) is 0.687. The summed E-state index contributed by atoms with van der Waals surface area (Å²) >= 11 is 0. The van der Waals surface area contributed by atoms with Crippen molar-refractivity contribution in [2.45, 2.75) is 26.8 Å². The molecule has 0 amide bonds. The van der Waals surface area contributed by atoms with Crippen LogP contribution in [0.3, 0.4) is 0 Å². The molecule has 5 N–H and O–H groups in total. The zero-order valence-corrected chi connectivity index (χ0v) is 16.0. The molecule has 27 heavy (non-hydrogen) atoms. The van der Waals surface area contributed by atoms with E-state index in [2.05, 4.69) is 19.8 Å². The van der Waals surface area contributed by atoms with Crippen LogP contribution in [0.5, 0.6) is 0 Å². The third kappa shape index (κ3) is 4.68. The summed E-state index contributed by atoms with van der Waals surface area (Å²) in [5.74, 6) is 0.746. The zero-order chi connectivity index (χ0) is 19.4. The first-order valence-electron chi connectivity index (χ1n) is 9.34. The molecular weight excluding hydrogens is 340 g/mol. The molecule has 0 bridgehead atoms. The van der Waals surface area contributed by atoms with Gasteiger partial charge in [-0.3, -0.25) is 14.7 Å². The molecule has 3 heterocycles. The Morgan fingerprint density at radius 2 is 1.96 bits per heavy atom. The van der Waals surface area contributed by atoms with Crippen molar-refractivity contribution in [3.05, 3.63) is 63.5 Å². The van der Waals surface area contributed by atoms with Gasteiger partial charge >= 0.3 is 0 Å². The Kier molecular flexibility index (Phi) is 5.81. The van der Waals surface area contributed by atoms with Crippen LogP contribution in [0.1, 0.15) is 25.0 Å². The minimum Gasteiger partial charge on any atom is -0.402 e. The Morgan fingerprint density at radius 1 is 1.22 bits per heavy atom. The highest BCUT2D eigenvalue weighted by Gasteiger charge is 2.17. The van der Waals surface area contributed by atoms with Gasteiger partial charge in [-0.05, 0) is 43.2 Å². The van der Waals surface area contributed by atoms with Crippen LogP contribution in [0.4, 0.5) is 0 Å². The maximum absolute atomic E-state index is 12.0. The van der Waals surface area contributed by atoms with Crippen LogP contribution >= 0.6 is 0 Å². The highest BCUT2D eigenvalue weighted by molar-refractivity contribution is 5.74. The molecule has 1 saturated heterocycles. The Bertz CT molecular complexity index is 918. The van der Waals surface area contributed by atoms with Crippen molar-refractivity contribution in [1.82, 2.24) is 19.8 Å². The van der Waals surface area contributed by atoms with Gasteiger partial charge in [0.2, 0.25) is 0 Å². The Hall–Kier alpha value is -2.80.